The average molecular weight is 1500 g/mol. The number of amides is 2. The van der Waals surface area contributed by atoms with Gasteiger partial charge in [0.1, 0.15) is 9.81 Å². The molecule has 6 rings (SSSR count). The first-order chi connectivity index (χ1) is 47.2. The van der Waals surface area contributed by atoms with Gasteiger partial charge in [-0.05, 0) is 121 Å². The molecule has 0 unspecified atom stereocenters. The molecule has 41 heteroatoms. The fraction of sp³-hybridized carbons (Fsp3) is 0.441. The van der Waals surface area contributed by atoms with Crippen molar-refractivity contribution in [1.82, 2.24) is 19.6 Å². The highest BCUT2D eigenvalue weighted by Gasteiger charge is 2.35. The Morgan fingerprint density at radius 2 is 0.620 bits per heavy atom. The van der Waals surface area contributed by atoms with Gasteiger partial charge in [-0.1, -0.05) is 0 Å². The van der Waals surface area contributed by atoms with Crippen molar-refractivity contribution >= 4 is 104 Å². The van der Waals surface area contributed by atoms with Crippen LogP contribution >= 0.6 is 0 Å². The lowest BCUT2D eigenvalue weighted by Gasteiger charge is -2.18. The maximum absolute atomic E-state index is 13.4. The summed E-state index contributed by atoms with van der Waals surface area (Å²) in [6, 6.07) is 13.2. The number of nitrogens with zero attached hydrogens (tertiary/aromatic N) is 6. The summed E-state index contributed by atoms with van der Waals surface area (Å²) in [4.78, 5) is 44.4. The monoisotopic (exact) mass is 1500 g/mol. The van der Waals surface area contributed by atoms with Gasteiger partial charge in [0.2, 0.25) is 11.6 Å². The number of aliphatic hydroxyl groups is 12. The summed E-state index contributed by atoms with van der Waals surface area (Å²) < 4.78 is 134. The van der Waals surface area contributed by atoms with Gasteiger partial charge in [0.05, 0.1) is 100 Å². The maximum atomic E-state index is 13.4. The van der Waals surface area contributed by atoms with Gasteiger partial charge in [-0.25, -0.2) is 4.79 Å². The topological polar surface area (TPSA) is 597 Å². The number of hydrazone groups is 2. The molecule has 0 bridgehead atoms. The van der Waals surface area contributed by atoms with E-state index in [1.54, 1.807) is 19.6 Å². The summed E-state index contributed by atoms with van der Waals surface area (Å²) in [5, 5.41) is 114. The van der Waals surface area contributed by atoms with Crippen molar-refractivity contribution in [1.29, 1.82) is 0 Å². The molecule has 0 radical (unpaired) electrons. The maximum Gasteiger partial charge on any atom is 0.323 e. The lowest BCUT2D eigenvalue weighted by Crippen LogP contribution is -2.32. The molecule has 4 aromatic carbocycles. The SMILES string of the molecule is Cc1cc(S(=O)(=O)O)ccc1N/N=C1\C(=O)c2ccc(NC(=O)Nc3ccc4c(c3)C=C(S(=O)(=O)O)/C(=N/Nc3ccc(S(=O)(=O)O)cc3C)C4=O)cc2C=C1S(=O)(=O)O.OCCN(CCO)CCO.OCCN(CCO)CCO.OCCN(CCO)CCO.OCCN(CCO)CCO. The van der Waals surface area contributed by atoms with E-state index in [1.165, 1.54) is 62.4 Å². The van der Waals surface area contributed by atoms with E-state index in [4.69, 9.17) is 61.3 Å². The summed E-state index contributed by atoms with van der Waals surface area (Å²) in [6.45, 7) is 9.90. The second-order valence-electron chi connectivity index (χ2n) is 20.9. The number of Topliss-reactive ketones (excluding diaryl/α,β-unsaturated/α-hetero) is 2. The molecular weight excluding hydrogens is 1410 g/mol. The number of allylic oxidation sites excluding steroid dienone is 2. The Morgan fingerprint density at radius 1 is 0.370 bits per heavy atom. The van der Waals surface area contributed by atoms with Gasteiger partial charge in [-0.3, -0.25) is 58.3 Å². The van der Waals surface area contributed by atoms with E-state index >= 15 is 0 Å². The third kappa shape index (κ3) is 30.6. The third-order valence-corrected chi connectivity index (χ3v) is 17.1. The number of aryl methyl sites for hydroxylation is 2. The number of ketones is 2. The Bertz CT molecular complexity index is 3560. The van der Waals surface area contributed by atoms with E-state index in [0.29, 0.717) is 78.5 Å². The van der Waals surface area contributed by atoms with E-state index in [9.17, 15) is 66.3 Å². The summed E-state index contributed by atoms with van der Waals surface area (Å²) >= 11 is 0. The van der Waals surface area contributed by atoms with Crippen molar-refractivity contribution in [3.8, 4) is 0 Å². The third-order valence-electron chi connectivity index (χ3n) is 13.7. The van der Waals surface area contributed by atoms with Crippen LogP contribution in [0.5, 0.6) is 0 Å². The van der Waals surface area contributed by atoms with Crippen molar-refractivity contribution in [2.24, 2.45) is 10.2 Å². The van der Waals surface area contributed by atoms with E-state index in [0.717, 1.165) is 36.4 Å². The number of nitrogens with one attached hydrogen (secondary N) is 4. The zero-order chi connectivity index (χ0) is 75.4. The zero-order valence-electron chi connectivity index (χ0n) is 54.5. The first-order valence-corrected chi connectivity index (χ1v) is 35.8. The van der Waals surface area contributed by atoms with Crippen molar-refractivity contribution in [3.63, 3.8) is 0 Å². The number of aliphatic hydroxyl groups excluding tert-OH is 12. The van der Waals surface area contributed by atoms with Crippen LogP contribution in [0.1, 0.15) is 43.0 Å². The van der Waals surface area contributed by atoms with Crippen LogP contribution in [0.25, 0.3) is 12.2 Å². The van der Waals surface area contributed by atoms with Gasteiger partial charge in [-0.15, -0.1) is 0 Å². The van der Waals surface area contributed by atoms with Gasteiger partial charge in [0.15, 0.2) is 11.4 Å². The first-order valence-electron chi connectivity index (χ1n) is 30.1. The minimum atomic E-state index is -5.08. The van der Waals surface area contributed by atoms with Gasteiger partial charge >= 0.3 is 6.03 Å². The van der Waals surface area contributed by atoms with Crippen LogP contribution in [-0.4, -0.2) is 320 Å². The highest BCUT2D eigenvalue weighted by molar-refractivity contribution is 7.91. The fourth-order valence-corrected chi connectivity index (χ4v) is 11.3. The summed E-state index contributed by atoms with van der Waals surface area (Å²) in [7, 11) is -19.2. The van der Waals surface area contributed by atoms with E-state index in [-0.39, 0.29) is 135 Å². The van der Waals surface area contributed by atoms with Crippen LogP contribution < -0.4 is 21.5 Å². The first kappa shape index (κ1) is 89.0. The molecular formula is C59H88N10O27S4. The number of benzene rings is 4. The molecule has 2 aliphatic carbocycles. The number of rotatable bonds is 34. The molecule has 20 N–H and O–H groups in total. The predicted octanol–water partition coefficient (Wildman–Crippen LogP) is -2.71. The molecule has 0 heterocycles. The fourth-order valence-electron chi connectivity index (χ4n) is 8.84. The molecule has 100 heavy (non-hydrogen) atoms. The molecule has 2 aliphatic rings. The Hall–Kier alpha value is -7.09. The van der Waals surface area contributed by atoms with Crippen molar-refractivity contribution in [3.05, 3.63) is 116 Å². The summed E-state index contributed by atoms with van der Waals surface area (Å²) in [5.41, 5.74) is 3.96. The molecule has 4 aromatic rings. The Labute approximate surface area is 578 Å². The van der Waals surface area contributed by atoms with Crippen LogP contribution in [-0.2, 0) is 40.5 Å². The number of carbonyl (C=O) groups is 3. The van der Waals surface area contributed by atoms with Crippen LogP contribution in [0.15, 0.2) is 103 Å². The van der Waals surface area contributed by atoms with Crippen LogP contribution in [0.3, 0.4) is 0 Å². The Kier molecular flexibility index (Phi) is 40.1. The number of fused-ring (bicyclic) bond motifs is 2. The lowest BCUT2D eigenvalue weighted by molar-refractivity contribution is 0.105. The van der Waals surface area contributed by atoms with Gasteiger partial charge in [0.25, 0.3) is 40.5 Å². The molecule has 0 aliphatic heterocycles. The second-order valence-corrected chi connectivity index (χ2v) is 26.5. The van der Waals surface area contributed by atoms with Crippen LogP contribution in [0, 0.1) is 13.8 Å². The van der Waals surface area contributed by atoms with Gasteiger partial charge < -0.3 is 71.9 Å². The van der Waals surface area contributed by atoms with Crippen molar-refractivity contribution in [2.75, 3.05) is 179 Å². The molecule has 0 saturated carbocycles. The second kappa shape index (κ2) is 45.0. The molecule has 0 saturated heterocycles. The highest BCUT2D eigenvalue weighted by Crippen LogP contribution is 2.31. The van der Waals surface area contributed by atoms with Crippen molar-refractivity contribution < 1.29 is 128 Å². The molecule has 37 nitrogen and oxygen atoms in total. The number of anilines is 4. The Balaban J connectivity index is 0.000000682. The van der Waals surface area contributed by atoms with E-state index < -0.39 is 89.1 Å². The molecule has 2 amide bonds. The average Bonchev–Trinajstić information content (AvgIpc) is 0.773. The normalized spacial score (nSPS) is 13.8. The quantitative estimate of drug-likeness (QED) is 0.0167. The number of urea groups is 1. The highest BCUT2D eigenvalue weighted by atomic mass is 32.2. The Morgan fingerprint density at radius 3 is 0.830 bits per heavy atom. The van der Waals surface area contributed by atoms with Gasteiger partial charge in [-0.2, -0.15) is 43.9 Å². The lowest BCUT2D eigenvalue weighted by atomic mass is 9.94. The number of hydrogen-bond donors (Lipinski definition) is 20. The molecule has 560 valence electrons. The molecule has 0 fully saturated rings. The van der Waals surface area contributed by atoms with E-state index in [1.807, 2.05) is 0 Å². The van der Waals surface area contributed by atoms with Crippen molar-refractivity contribution in [2.45, 2.75) is 23.6 Å². The van der Waals surface area contributed by atoms with Crippen LogP contribution in [0.4, 0.5) is 27.5 Å². The largest absolute Gasteiger partial charge is 0.395 e. The minimum absolute atomic E-state index is 0.0240. The molecule has 0 atom stereocenters. The van der Waals surface area contributed by atoms with Crippen LogP contribution in [0.2, 0.25) is 0 Å². The smallest absolute Gasteiger partial charge is 0.323 e. The predicted molar refractivity (Wildman–Crippen MR) is 368 cm³/mol. The molecule has 0 aromatic heterocycles. The minimum Gasteiger partial charge on any atom is -0.395 e. The number of hydrogen-bond acceptors (Lipinski definition) is 31. The standard InChI is InChI=1S/C35H28N6O15S4.4C6H15NO3/c1-17-11-23(57(45,46)47)5-9-27(17)38-40-31-29(59(51,52)53)15-19-13-21(3-7-25(19)33(31)42)36-35(44)37-22-4-8-26-20(14-22)16-30(60(54,55)56)32(34(26)43)41-39-28-10-6-24(12-18(28)2)58(48,49)50;4*8-4-1-7(2-5-9)3-6-10/h3-16,38-39H,1-2H3,(H2,36,37,44)(H,45,46,47)(H,48,49,50)(H,51,52,53)(H,54,55,56);4*8-10H,1-6H2/b40-31-,41-32-;;;;. The number of carbonyl (C=O) groups excluding carboxylic acids is 3. The van der Waals surface area contributed by atoms with E-state index in [2.05, 4.69) is 31.7 Å². The summed E-state index contributed by atoms with van der Waals surface area (Å²) in [5.74, 6) is -1.91. The molecule has 0 spiro atoms. The zero-order valence-corrected chi connectivity index (χ0v) is 57.8. The van der Waals surface area contributed by atoms with Gasteiger partial charge in [0, 0.05) is 101 Å². The summed E-state index contributed by atoms with van der Waals surface area (Å²) in [6.07, 6.45) is 1.86.